The number of halogens is 1. The van der Waals surface area contributed by atoms with Crippen molar-refractivity contribution in [2.24, 2.45) is 5.84 Å². The molecule has 0 aliphatic carbocycles. The number of hydrogen-bond acceptors (Lipinski definition) is 2. The molecule has 0 spiro atoms. The standard InChI is InChI=1S/C5H13ClN2/c1-5(2,8-7)3-4-6/h8H,3-4,7H2,1-2H3. The molecular formula is C5H13ClN2. The van der Waals surface area contributed by atoms with Gasteiger partial charge in [0.1, 0.15) is 0 Å². The fourth-order valence-corrected chi connectivity index (χ4v) is 0.781. The molecule has 2 nitrogen and oxygen atoms in total. The third-order valence-corrected chi connectivity index (χ3v) is 1.30. The molecule has 0 radical (unpaired) electrons. The van der Waals surface area contributed by atoms with Gasteiger partial charge in [0, 0.05) is 11.4 Å². The summed E-state index contributed by atoms with van der Waals surface area (Å²) in [6, 6.07) is 0. The van der Waals surface area contributed by atoms with Crippen molar-refractivity contribution in [2.45, 2.75) is 25.8 Å². The highest BCUT2D eigenvalue weighted by molar-refractivity contribution is 6.17. The Balaban J connectivity index is 3.37. The molecule has 0 amide bonds. The molecule has 0 saturated heterocycles. The van der Waals surface area contributed by atoms with Crippen LogP contribution in [0, 0.1) is 0 Å². The maximum absolute atomic E-state index is 5.47. The molecule has 0 aromatic rings. The predicted molar refractivity (Wildman–Crippen MR) is 36.7 cm³/mol. The Labute approximate surface area is 55.4 Å². The molecule has 0 aliphatic heterocycles. The molecule has 0 rings (SSSR count). The van der Waals surface area contributed by atoms with Crippen LogP contribution in [0.2, 0.25) is 0 Å². The summed E-state index contributed by atoms with van der Waals surface area (Å²) in [6.07, 6.45) is 0.894. The molecule has 0 bridgehead atoms. The van der Waals surface area contributed by atoms with E-state index in [9.17, 15) is 0 Å². The lowest BCUT2D eigenvalue weighted by atomic mass is 10.0. The number of hydrogen-bond donors (Lipinski definition) is 2. The van der Waals surface area contributed by atoms with Crippen LogP contribution in [0.5, 0.6) is 0 Å². The minimum absolute atomic E-state index is 0.0122. The molecular weight excluding hydrogens is 124 g/mol. The van der Waals surface area contributed by atoms with Gasteiger partial charge in [0.25, 0.3) is 0 Å². The van der Waals surface area contributed by atoms with Gasteiger partial charge in [-0.1, -0.05) is 0 Å². The lowest BCUT2D eigenvalue weighted by Crippen LogP contribution is -2.44. The van der Waals surface area contributed by atoms with Crippen molar-refractivity contribution in [3.8, 4) is 0 Å². The van der Waals surface area contributed by atoms with Crippen LogP contribution in [0.3, 0.4) is 0 Å². The minimum Gasteiger partial charge on any atom is -0.271 e. The Morgan fingerprint density at radius 3 is 2.25 bits per heavy atom. The zero-order valence-corrected chi connectivity index (χ0v) is 6.13. The average molecular weight is 137 g/mol. The van der Waals surface area contributed by atoms with E-state index in [-0.39, 0.29) is 5.54 Å². The molecule has 0 saturated carbocycles. The van der Waals surface area contributed by atoms with Crippen LogP contribution < -0.4 is 11.3 Å². The molecule has 0 fully saturated rings. The van der Waals surface area contributed by atoms with E-state index in [0.29, 0.717) is 5.88 Å². The summed E-state index contributed by atoms with van der Waals surface area (Å²) < 4.78 is 0. The first kappa shape index (κ1) is 8.21. The first-order valence-electron chi connectivity index (χ1n) is 2.66. The van der Waals surface area contributed by atoms with Crippen LogP contribution in [0.15, 0.2) is 0 Å². The number of rotatable bonds is 3. The van der Waals surface area contributed by atoms with Crippen LogP contribution in [-0.2, 0) is 0 Å². The number of nitrogens with one attached hydrogen (secondary N) is 1. The van der Waals surface area contributed by atoms with Gasteiger partial charge in [-0.05, 0) is 20.3 Å². The molecule has 8 heavy (non-hydrogen) atoms. The lowest BCUT2D eigenvalue weighted by Gasteiger charge is -2.21. The van der Waals surface area contributed by atoms with Crippen molar-refractivity contribution in [1.29, 1.82) is 0 Å². The van der Waals surface area contributed by atoms with Crippen molar-refractivity contribution in [1.82, 2.24) is 5.43 Å². The second kappa shape index (κ2) is 3.28. The maximum Gasteiger partial charge on any atom is 0.0276 e. The maximum atomic E-state index is 5.47. The summed E-state index contributed by atoms with van der Waals surface area (Å²) in [7, 11) is 0. The van der Waals surface area contributed by atoms with Crippen molar-refractivity contribution >= 4 is 11.6 Å². The quantitative estimate of drug-likeness (QED) is 0.343. The van der Waals surface area contributed by atoms with Crippen LogP contribution in [0.25, 0.3) is 0 Å². The van der Waals surface area contributed by atoms with E-state index < -0.39 is 0 Å². The van der Waals surface area contributed by atoms with E-state index in [1.54, 1.807) is 0 Å². The van der Waals surface area contributed by atoms with Gasteiger partial charge in [0.05, 0.1) is 0 Å². The summed E-state index contributed by atoms with van der Waals surface area (Å²) in [5, 5.41) is 0. The first-order chi connectivity index (χ1) is 3.62. The Morgan fingerprint density at radius 1 is 1.62 bits per heavy atom. The normalized spacial score (nSPS) is 12.0. The number of alkyl halides is 1. The summed E-state index contributed by atoms with van der Waals surface area (Å²) in [5.41, 5.74) is 2.65. The average Bonchev–Trinajstić information content (AvgIpc) is 1.67. The highest BCUT2D eigenvalue weighted by Crippen LogP contribution is 2.06. The van der Waals surface area contributed by atoms with E-state index in [4.69, 9.17) is 17.4 Å². The molecule has 0 aromatic carbocycles. The molecule has 3 N–H and O–H groups in total. The van der Waals surface area contributed by atoms with E-state index in [2.05, 4.69) is 5.43 Å². The van der Waals surface area contributed by atoms with Gasteiger partial charge in [0.15, 0.2) is 0 Å². The SMILES string of the molecule is CC(C)(CCCl)NN. The summed E-state index contributed by atoms with van der Waals surface area (Å²) >= 11 is 5.47. The van der Waals surface area contributed by atoms with Crippen LogP contribution in [0.1, 0.15) is 20.3 Å². The first-order valence-corrected chi connectivity index (χ1v) is 3.19. The number of hydrazine groups is 1. The number of nitrogens with two attached hydrogens (primary N) is 1. The topological polar surface area (TPSA) is 38.0 Å². The largest absolute Gasteiger partial charge is 0.271 e. The summed E-state index contributed by atoms with van der Waals surface area (Å²) in [5.74, 6) is 5.83. The van der Waals surface area contributed by atoms with Gasteiger partial charge in [-0.2, -0.15) is 0 Å². The Kier molecular flexibility index (Phi) is 3.36. The van der Waals surface area contributed by atoms with Crippen LogP contribution in [0.4, 0.5) is 0 Å². The summed E-state index contributed by atoms with van der Waals surface area (Å²) in [6.45, 7) is 4.02. The zero-order chi connectivity index (χ0) is 6.62. The Bertz CT molecular complexity index is 63.4. The van der Waals surface area contributed by atoms with Gasteiger partial charge in [-0.3, -0.25) is 11.3 Å². The fourth-order valence-electron chi connectivity index (χ4n) is 0.308. The fraction of sp³-hybridized carbons (Fsp3) is 1.00. The molecule has 0 atom stereocenters. The van der Waals surface area contributed by atoms with E-state index in [0.717, 1.165) is 6.42 Å². The van der Waals surface area contributed by atoms with E-state index in [1.165, 1.54) is 0 Å². The van der Waals surface area contributed by atoms with Crippen molar-refractivity contribution in [2.75, 3.05) is 5.88 Å². The smallest absolute Gasteiger partial charge is 0.0276 e. The monoisotopic (exact) mass is 136 g/mol. The van der Waals surface area contributed by atoms with Gasteiger partial charge < -0.3 is 0 Å². The van der Waals surface area contributed by atoms with Gasteiger partial charge >= 0.3 is 0 Å². The third-order valence-electron chi connectivity index (χ3n) is 1.11. The molecule has 50 valence electrons. The second-order valence-corrected chi connectivity index (χ2v) is 2.85. The Hall–Kier alpha value is 0.210. The van der Waals surface area contributed by atoms with Gasteiger partial charge in [0.2, 0.25) is 0 Å². The van der Waals surface area contributed by atoms with Crippen LogP contribution >= 0.6 is 11.6 Å². The van der Waals surface area contributed by atoms with Crippen molar-refractivity contribution in [3.63, 3.8) is 0 Å². The zero-order valence-electron chi connectivity index (χ0n) is 5.37. The summed E-state index contributed by atoms with van der Waals surface area (Å²) in [4.78, 5) is 0. The third kappa shape index (κ3) is 3.24. The van der Waals surface area contributed by atoms with Gasteiger partial charge in [-0.15, -0.1) is 11.6 Å². The molecule has 0 heterocycles. The minimum atomic E-state index is -0.0122. The van der Waals surface area contributed by atoms with E-state index in [1.807, 2.05) is 13.8 Å². The van der Waals surface area contributed by atoms with Gasteiger partial charge in [-0.25, -0.2) is 0 Å². The molecule has 0 unspecified atom stereocenters. The van der Waals surface area contributed by atoms with Crippen molar-refractivity contribution < 1.29 is 0 Å². The second-order valence-electron chi connectivity index (χ2n) is 2.47. The van der Waals surface area contributed by atoms with Crippen LogP contribution in [-0.4, -0.2) is 11.4 Å². The highest BCUT2D eigenvalue weighted by atomic mass is 35.5. The molecule has 3 heteroatoms. The lowest BCUT2D eigenvalue weighted by molar-refractivity contribution is 0.387. The highest BCUT2D eigenvalue weighted by Gasteiger charge is 2.12. The molecule has 0 aliphatic rings. The van der Waals surface area contributed by atoms with Crippen molar-refractivity contribution in [3.05, 3.63) is 0 Å². The molecule has 0 aromatic heterocycles. The van der Waals surface area contributed by atoms with E-state index >= 15 is 0 Å². The predicted octanol–water partition coefficient (Wildman–Crippen LogP) is 0.857. The Morgan fingerprint density at radius 2 is 2.12 bits per heavy atom.